The van der Waals surface area contributed by atoms with Gasteiger partial charge >= 0.3 is 0 Å². The lowest BCUT2D eigenvalue weighted by molar-refractivity contribution is -0.130. The van der Waals surface area contributed by atoms with Crippen molar-refractivity contribution in [2.45, 2.75) is 51.9 Å². The third-order valence-corrected chi connectivity index (χ3v) is 7.75. The maximum absolute atomic E-state index is 12.6. The van der Waals surface area contributed by atoms with Crippen LogP contribution in [-0.4, -0.2) is 16.8 Å². The van der Waals surface area contributed by atoms with Gasteiger partial charge in [-0.25, -0.2) is 4.98 Å². The fourth-order valence-electron chi connectivity index (χ4n) is 6.19. The third kappa shape index (κ3) is 3.26. The van der Waals surface area contributed by atoms with Crippen molar-refractivity contribution in [1.82, 2.24) is 15.8 Å². The van der Waals surface area contributed by atoms with E-state index in [1.807, 2.05) is 13.0 Å². The average Bonchev–Trinajstić information content (AvgIpc) is 3.27. The molecule has 6 nitrogen and oxygen atoms in total. The first kappa shape index (κ1) is 17.9. The van der Waals surface area contributed by atoms with E-state index in [4.69, 9.17) is 4.42 Å². The van der Waals surface area contributed by atoms with Crippen molar-refractivity contribution in [3.8, 4) is 10.8 Å². The van der Waals surface area contributed by atoms with Crippen molar-refractivity contribution in [3.63, 3.8) is 0 Å². The second kappa shape index (κ2) is 6.72. The van der Waals surface area contributed by atoms with Crippen molar-refractivity contribution in [1.29, 1.82) is 0 Å². The highest BCUT2D eigenvalue weighted by Gasteiger charge is 2.51. The molecule has 4 fully saturated rings. The summed E-state index contributed by atoms with van der Waals surface area (Å²) in [7, 11) is 0. The second-order valence-electron chi connectivity index (χ2n) is 9.00. The molecule has 0 spiro atoms. The van der Waals surface area contributed by atoms with Gasteiger partial charge in [-0.2, -0.15) is 0 Å². The van der Waals surface area contributed by atoms with Gasteiger partial charge in [0, 0.05) is 11.3 Å². The lowest BCUT2D eigenvalue weighted by atomic mass is 9.49. The summed E-state index contributed by atoms with van der Waals surface area (Å²) in [5.41, 5.74) is 5.67. The van der Waals surface area contributed by atoms with Crippen LogP contribution in [0.15, 0.2) is 22.8 Å². The van der Waals surface area contributed by atoms with Crippen molar-refractivity contribution in [3.05, 3.63) is 29.0 Å². The van der Waals surface area contributed by atoms with Gasteiger partial charge in [-0.05, 0) is 80.8 Å². The van der Waals surface area contributed by atoms with E-state index in [0.717, 1.165) is 22.6 Å². The van der Waals surface area contributed by atoms with Crippen LogP contribution in [0.5, 0.6) is 0 Å². The molecule has 0 atom stereocenters. The summed E-state index contributed by atoms with van der Waals surface area (Å²) in [6, 6.07) is 3.60. The summed E-state index contributed by atoms with van der Waals surface area (Å²) in [6.45, 7) is 1.84. The SMILES string of the molecule is Cc1sc(-c2ccco2)nc1C(=O)NNC(=O)CC12CC3CC(CC(C3)C1)C2. The molecule has 2 heterocycles. The summed E-state index contributed by atoms with van der Waals surface area (Å²) in [6.07, 6.45) is 9.71. The highest BCUT2D eigenvalue weighted by Crippen LogP contribution is 2.61. The summed E-state index contributed by atoms with van der Waals surface area (Å²) in [5.74, 6) is 2.60. The van der Waals surface area contributed by atoms with E-state index in [0.29, 0.717) is 22.9 Å². The Balaban J connectivity index is 1.20. The molecule has 0 saturated heterocycles. The summed E-state index contributed by atoms with van der Waals surface area (Å²) in [5, 5.41) is 0.660. The number of amides is 2. The molecule has 0 radical (unpaired) electrons. The molecule has 28 heavy (non-hydrogen) atoms. The lowest BCUT2D eigenvalue weighted by Gasteiger charge is -2.56. The highest BCUT2D eigenvalue weighted by atomic mass is 32.1. The Bertz CT molecular complexity index is 867. The number of nitrogens with one attached hydrogen (secondary N) is 2. The van der Waals surface area contributed by atoms with Crippen molar-refractivity contribution in [2.75, 3.05) is 0 Å². The Labute approximate surface area is 168 Å². The number of thiazole rings is 1. The number of nitrogens with zero attached hydrogens (tertiary/aromatic N) is 1. The fraction of sp³-hybridized carbons (Fsp3) is 0.571. The average molecular weight is 400 g/mol. The van der Waals surface area contributed by atoms with E-state index < -0.39 is 0 Å². The van der Waals surface area contributed by atoms with E-state index in [1.54, 1.807) is 12.3 Å². The van der Waals surface area contributed by atoms with Crippen molar-refractivity contribution < 1.29 is 14.0 Å². The monoisotopic (exact) mass is 399 g/mol. The highest BCUT2D eigenvalue weighted by molar-refractivity contribution is 7.15. The van der Waals surface area contributed by atoms with Gasteiger partial charge in [0.15, 0.2) is 10.8 Å². The number of hydrogen-bond donors (Lipinski definition) is 2. The minimum absolute atomic E-state index is 0.0885. The number of aryl methyl sites for hydroxylation is 1. The maximum atomic E-state index is 12.6. The molecule has 7 heteroatoms. The Morgan fingerprint density at radius 1 is 1.18 bits per heavy atom. The molecule has 0 unspecified atom stereocenters. The van der Waals surface area contributed by atoms with Crippen LogP contribution in [0.3, 0.4) is 0 Å². The van der Waals surface area contributed by atoms with Crippen LogP contribution in [0.2, 0.25) is 0 Å². The fourth-order valence-corrected chi connectivity index (χ4v) is 7.07. The van der Waals surface area contributed by atoms with Crippen LogP contribution in [0, 0.1) is 30.1 Å². The van der Waals surface area contributed by atoms with Gasteiger partial charge in [0.25, 0.3) is 5.91 Å². The number of furan rings is 1. The molecular weight excluding hydrogens is 374 g/mol. The van der Waals surface area contributed by atoms with Crippen LogP contribution in [-0.2, 0) is 4.79 Å². The molecule has 4 saturated carbocycles. The van der Waals surface area contributed by atoms with Gasteiger partial charge in [-0.15, -0.1) is 11.3 Å². The van der Waals surface area contributed by atoms with Gasteiger partial charge in [0.05, 0.1) is 6.26 Å². The van der Waals surface area contributed by atoms with E-state index in [1.165, 1.54) is 49.9 Å². The molecule has 4 bridgehead atoms. The first-order valence-corrected chi connectivity index (χ1v) is 10.9. The zero-order valence-electron chi connectivity index (χ0n) is 16.0. The summed E-state index contributed by atoms with van der Waals surface area (Å²) >= 11 is 1.40. The van der Waals surface area contributed by atoms with Crippen LogP contribution >= 0.6 is 11.3 Å². The van der Waals surface area contributed by atoms with E-state index in [-0.39, 0.29) is 17.2 Å². The molecule has 2 aromatic heterocycles. The smallest absolute Gasteiger partial charge is 0.289 e. The van der Waals surface area contributed by atoms with Crippen LogP contribution in [0.1, 0.15) is 60.3 Å². The second-order valence-corrected chi connectivity index (χ2v) is 10.2. The van der Waals surface area contributed by atoms with Gasteiger partial charge in [0.1, 0.15) is 5.69 Å². The standard InChI is InChI=1S/C21H25N3O3S/c1-12-18(22-20(28-12)16-3-2-4-27-16)19(26)24-23-17(25)11-21-8-13-5-14(9-21)7-15(6-13)10-21/h2-4,13-15H,5-11H2,1H3,(H,23,25)(H,24,26). The first-order chi connectivity index (χ1) is 13.5. The molecule has 4 aliphatic carbocycles. The van der Waals surface area contributed by atoms with Gasteiger partial charge < -0.3 is 4.42 Å². The number of carbonyl (C=O) groups excluding carboxylic acids is 2. The lowest BCUT2D eigenvalue weighted by Crippen LogP contribution is -2.50. The molecule has 2 N–H and O–H groups in total. The first-order valence-electron chi connectivity index (χ1n) is 10.1. The van der Waals surface area contributed by atoms with E-state index >= 15 is 0 Å². The van der Waals surface area contributed by atoms with Gasteiger partial charge in [0.2, 0.25) is 5.91 Å². The number of hydrogen-bond acceptors (Lipinski definition) is 5. The van der Waals surface area contributed by atoms with Crippen molar-refractivity contribution >= 4 is 23.2 Å². The Morgan fingerprint density at radius 2 is 1.86 bits per heavy atom. The summed E-state index contributed by atoms with van der Waals surface area (Å²) in [4.78, 5) is 30.2. The van der Waals surface area contributed by atoms with Crippen LogP contribution in [0.4, 0.5) is 0 Å². The molecular formula is C21H25N3O3S. The third-order valence-electron chi connectivity index (χ3n) is 6.76. The maximum Gasteiger partial charge on any atom is 0.289 e. The number of aromatic nitrogens is 1. The molecule has 2 amide bonds. The molecule has 0 aromatic carbocycles. The van der Waals surface area contributed by atoms with E-state index in [2.05, 4.69) is 15.8 Å². The molecule has 4 aliphatic rings. The predicted molar refractivity (Wildman–Crippen MR) is 105 cm³/mol. The number of hydrazine groups is 1. The van der Waals surface area contributed by atoms with E-state index in [9.17, 15) is 9.59 Å². The molecule has 148 valence electrons. The Morgan fingerprint density at radius 3 is 2.46 bits per heavy atom. The minimum Gasteiger partial charge on any atom is -0.462 e. The predicted octanol–water partition coefficient (Wildman–Crippen LogP) is 4.08. The quantitative estimate of drug-likeness (QED) is 0.759. The zero-order valence-corrected chi connectivity index (χ0v) is 16.8. The van der Waals surface area contributed by atoms with Crippen molar-refractivity contribution in [2.24, 2.45) is 23.2 Å². The van der Waals surface area contributed by atoms with Crippen LogP contribution in [0.25, 0.3) is 10.8 Å². The Kier molecular flexibility index (Phi) is 4.30. The molecule has 0 aliphatic heterocycles. The van der Waals surface area contributed by atoms with Gasteiger partial charge in [-0.1, -0.05) is 0 Å². The molecule has 2 aromatic rings. The number of carbonyl (C=O) groups is 2. The van der Waals surface area contributed by atoms with Crippen LogP contribution < -0.4 is 10.9 Å². The Hall–Kier alpha value is -2.15. The topological polar surface area (TPSA) is 84.2 Å². The molecule has 6 rings (SSSR count). The zero-order chi connectivity index (χ0) is 19.3. The normalized spacial score (nSPS) is 30.4. The van der Waals surface area contributed by atoms with Gasteiger partial charge in [-0.3, -0.25) is 20.4 Å². The number of rotatable bonds is 4. The summed E-state index contributed by atoms with van der Waals surface area (Å²) < 4.78 is 5.35. The largest absolute Gasteiger partial charge is 0.462 e. The minimum atomic E-state index is -0.384.